The Kier molecular flexibility index (Phi) is 7.91. The Morgan fingerprint density at radius 1 is 1.04 bits per heavy atom. The highest BCUT2D eigenvalue weighted by Crippen LogP contribution is 2.11. The quantitative estimate of drug-likeness (QED) is 0.471. The second-order valence-electron chi connectivity index (χ2n) is 6.07. The van der Waals surface area contributed by atoms with Crippen LogP contribution >= 0.6 is 0 Å². The molecule has 3 amide bonds. The van der Waals surface area contributed by atoms with Crippen molar-refractivity contribution >= 4 is 23.3 Å². The molecule has 6 heteroatoms. The average Bonchev–Trinajstić information content (AvgIpc) is 2.70. The van der Waals surface area contributed by atoms with Crippen LogP contribution in [0.15, 0.2) is 67.3 Å². The lowest BCUT2D eigenvalue weighted by Crippen LogP contribution is -2.31. The summed E-state index contributed by atoms with van der Waals surface area (Å²) in [4.78, 5) is 25.9. The molecule has 0 unspecified atom stereocenters. The van der Waals surface area contributed by atoms with Crippen LogP contribution < -0.4 is 20.9 Å². The van der Waals surface area contributed by atoms with Crippen molar-refractivity contribution in [2.45, 2.75) is 6.42 Å². The first-order valence-electron chi connectivity index (χ1n) is 8.90. The van der Waals surface area contributed by atoms with E-state index >= 15 is 0 Å². The lowest BCUT2D eigenvalue weighted by molar-refractivity contribution is 0.0958. The van der Waals surface area contributed by atoms with Crippen molar-refractivity contribution in [2.24, 2.45) is 0 Å². The molecular weight excluding hydrogens is 340 g/mol. The smallest absolute Gasteiger partial charge is 0.319 e. The number of carbonyl (C=O) groups excluding carboxylic acids is 2. The third-order valence-corrected chi connectivity index (χ3v) is 3.96. The Balaban J connectivity index is 1.69. The third kappa shape index (κ3) is 6.86. The number of hydrogen-bond acceptors (Lipinski definition) is 3. The van der Waals surface area contributed by atoms with E-state index in [0.29, 0.717) is 24.3 Å². The molecule has 0 aliphatic rings. The molecule has 0 saturated heterocycles. The first kappa shape index (κ1) is 20.0. The predicted molar refractivity (Wildman–Crippen MR) is 110 cm³/mol. The molecule has 2 aromatic carbocycles. The number of hydrogen-bond donors (Lipinski definition) is 3. The molecule has 0 aromatic heterocycles. The van der Waals surface area contributed by atoms with Crippen LogP contribution in [0.5, 0.6) is 0 Å². The molecule has 0 spiro atoms. The van der Waals surface area contributed by atoms with Gasteiger partial charge in [0.25, 0.3) is 5.91 Å². The minimum Gasteiger partial charge on any atom is -0.375 e. The Labute approximate surface area is 160 Å². The maximum absolute atomic E-state index is 12.0. The average molecular weight is 366 g/mol. The molecule has 3 N–H and O–H groups in total. The van der Waals surface area contributed by atoms with Crippen LogP contribution in [0.25, 0.3) is 0 Å². The van der Waals surface area contributed by atoms with E-state index in [1.807, 2.05) is 25.2 Å². The van der Waals surface area contributed by atoms with Crippen molar-refractivity contribution in [2.75, 3.05) is 36.9 Å². The van der Waals surface area contributed by atoms with Crippen LogP contribution in [0.4, 0.5) is 16.2 Å². The largest absolute Gasteiger partial charge is 0.375 e. The van der Waals surface area contributed by atoms with E-state index in [2.05, 4.69) is 39.6 Å². The summed E-state index contributed by atoms with van der Waals surface area (Å²) in [5.41, 5.74) is 2.32. The Morgan fingerprint density at radius 2 is 1.74 bits per heavy atom. The topological polar surface area (TPSA) is 73.5 Å². The fourth-order valence-corrected chi connectivity index (χ4v) is 2.48. The first-order chi connectivity index (χ1) is 13.1. The minimum absolute atomic E-state index is 0.173. The van der Waals surface area contributed by atoms with Crippen molar-refractivity contribution < 1.29 is 9.59 Å². The molecule has 0 fully saturated rings. The number of nitrogens with zero attached hydrogens (tertiary/aromatic N) is 1. The van der Waals surface area contributed by atoms with E-state index in [0.717, 1.165) is 18.7 Å². The summed E-state index contributed by atoms with van der Waals surface area (Å²) < 4.78 is 0. The first-order valence-corrected chi connectivity index (χ1v) is 8.90. The van der Waals surface area contributed by atoms with Crippen LogP contribution in [0.3, 0.4) is 0 Å². The number of benzene rings is 2. The third-order valence-electron chi connectivity index (χ3n) is 3.96. The van der Waals surface area contributed by atoms with Crippen LogP contribution in [-0.2, 0) is 0 Å². The second kappa shape index (κ2) is 10.7. The molecule has 27 heavy (non-hydrogen) atoms. The van der Waals surface area contributed by atoms with Crippen molar-refractivity contribution in [1.29, 1.82) is 0 Å². The summed E-state index contributed by atoms with van der Waals surface area (Å²) in [7, 11) is 2.03. The molecule has 0 aliphatic carbocycles. The van der Waals surface area contributed by atoms with Gasteiger partial charge in [-0.2, -0.15) is 0 Å². The van der Waals surface area contributed by atoms with Crippen LogP contribution in [0.1, 0.15) is 16.8 Å². The standard InChI is InChI=1S/C21H26N4O2/c1-3-14-22-20(26)17-10-12-18(13-11-17)24-21(27)23-15-7-16-25(2)19-8-5-4-6-9-19/h3-6,8-13H,1,7,14-16H2,2H3,(H,22,26)(H2,23,24,27). The number of anilines is 2. The van der Waals surface area contributed by atoms with Gasteiger partial charge in [-0.1, -0.05) is 24.3 Å². The molecule has 2 rings (SSSR count). The van der Waals surface area contributed by atoms with Gasteiger partial charge in [0.1, 0.15) is 0 Å². The van der Waals surface area contributed by atoms with Gasteiger partial charge in [-0.25, -0.2) is 4.79 Å². The molecule has 6 nitrogen and oxygen atoms in total. The van der Waals surface area contributed by atoms with Crippen LogP contribution in [-0.4, -0.2) is 38.6 Å². The molecule has 0 aliphatic heterocycles. The van der Waals surface area contributed by atoms with Gasteiger partial charge in [-0.15, -0.1) is 6.58 Å². The molecule has 0 radical (unpaired) electrons. The van der Waals surface area contributed by atoms with Crippen molar-refractivity contribution in [3.63, 3.8) is 0 Å². The monoisotopic (exact) mass is 366 g/mol. The number of rotatable bonds is 9. The highest BCUT2D eigenvalue weighted by Gasteiger charge is 2.06. The van der Waals surface area contributed by atoms with Crippen LogP contribution in [0, 0.1) is 0 Å². The lowest BCUT2D eigenvalue weighted by atomic mass is 10.2. The van der Waals surface area contributed by atoms with E-state index in [4.69, 9.17) is 0 Å². The SMILES string of the molecule is C=CCNC(=O)c1ccc(NC(=O)NCCCN(C)c2ccccc2)cc1. The highest BCUT2D eigenvalue weighted by molar-refractivity contribution is 5.95. The zero-order chi connectivity index (χ0) is 19.5. The molecule has 0 saturated carbocycles. The Bertz CT molecular complexity index is 745. The van der Waals surface area contributed by atoms with Crippen molar-refractivity contribution in [1.82, 2.24) is 10.6 Å². The summed E-state index contributed by atoms with van der Waals surface area (Å²) in [5.74, 6) is -0.173. The van der Waals surface area contributed by atoms with Gasteiger partial charge in [0.15, 0.2) is 0 Å². The summed E-state index contributed by atoms with van der Waals surface area (Å²) in [6.45, 7) is 5.39. The van der Waals surface area contributed by atoms with Gasteiger partial charge < -0.3 is 20.9 Å². The van der Waals surface area contributed by atoms with E-state index in [1.54, 1.807) is 30.3 Å². The van der Waals surface area contributed by atoms with E-state index < -0.39 is 0 Å². The maximum Gasteiger partial charge on any atom is 0.319 e. The van der Waals surface area contributed by atoms with E-state index in [1.165, 1.54) is 0 Å². The van der Waals surface area contributed by atoms with Crippen LogP contribution in [0.2, 0.25) is 0 Å². The fraction of sp³-hybridized carbons (Fsp3) is 0.238. The van der Waals surface area contributed by atoms with Gasteiger partial charge in [0.2, 0.25) is 0 Å². The molecule has 2 aromatic rings. The molecule has 0 bridgehead atoms. The molecule has 142 valence electrons. The summed E-state index contributed by atoms with van der Waals surface area (Å²) in [5, 5.41) is 8.30. The molecule has 0 atom stereocenters. The number of urea groups is 1. The highest BCUT2D eigenvalue weighted by atomic mass is 16.2. The number of nitrogens with one attached hydrogen (secondary N) is 3. The molecular formula is C21H26N4O2. The van der Waals surface area contributed by atoms with Gasteiger partial charge in [0, 0.05) is 43.6 Å². The predicted octanol–water partition coefficient (Wildman–Crippen LogP) is 3.25. The minimum atomic E-state index is -0.263. The lowest BCUT2D eigenvalue weighted by Gasteiger charge is -2.19. The zero-order valence-electron chi connectivity index (χ0n) is 15.6. The van der Waals surface area contributed by atoms with Crippen molar-refractivity contribution in [3.8, 4) is 0 Å². The van der Waals surface area contributed by atoms with E-state index in [9.17, 15) is 9.59 Å². The maximum atomic E-state index is 12.0. The summed E-state index contributed by atoms with van der Waals surface area (Å²) >= 11 is 0. The Morgan fingerprint density at radius 3 is 2.41 bits per heavy atom. The zero-order valence-corrected chi connectivity index (χ0v) is 15.6. The Hall–Kier alpha value is -3.28. The number of para-hydroxylation sites is 1. The second-order valence-corrected chi connectivity index (χ2v) is 6.07. The number of amides is 3. The van der Waals surface area contributed by atoms with Crippen molar-refractivity contribution in [3.05, 3.63) is 72.8 Å². The van der Waals surface area contributed by atoms with Gasteiger partial charge >= 0.3 is 6.03 Å². The van der Waals surface area contributed by atoms with Gasteiger partial charge in [0.05, 0.1) is 0 Å². The summed E-state index contributed by atoms with van der Waals surface area (Å²) in [6, 6.07) is 16.6. The number of carbonyl (C=O) groups is 2. The van der Waals surface area contributed by atoms with Gasteiger partial charge in [-0.3, -0.25) is 4.79 Å². The summed E-state index contributed by atoms with van der Waals surface area (Å²) in [6.07, 6.45) is 2.46. The molecule has 0 heterocycles. The normalized spacial score (nSPS) is 9.96. The van der Waals surface area contributed by atoms with E-state index in [-0.39, 0.29) is 11.9 Å². The van der Waals surface area contributed by atoms with Gasteiger partial charge in [-0.05, 0) is 42.8 Å². The fourth-order valence-electron chi connectivity index (χ4n) is 2.48.